The van der Waals surface area contributed by atoms with Crippen molar-refractivity contribution in [2.75, 3.05) is 5.32 Å². The molecule has 2 unspecified atom stereocenters. The van der Waals surface area contributed by atoms with Gasteiger partial charge in [-0.05, 0) is 62.1 Å². The number of amides is 1. The van der Waals surface area contributed by atoms with Crippen molar-refractivity contribution >= 4 is 24.0 Å². The second-order valence-corrected chi connectivity index (χ2v) is 8.50. The molecular weight excluding hydrogens is 360 g/mol. The van der Waals surface area contributed by atoms with Crippen LogP contribution in [0.15, 0.2) is 24.3 Å². The lowest BCUT2D eigenvalue weighted by Crippen LogP contribution is -2.39. The molecule has 27 heavy (non-hydrogen) atoms. The second kappa shape index (κ2) is 9.90. The van der Waals surface area contributed by atoms with Gasteiger partial charge in [-0.2, -0.15) is 0 Å². The van der Waals surface area contributed by atoms with E-state index in [9.17, 15) is 4.79 Å². The van der Waals surface area contributed by atoms with Crippen LogP contribution in [0.1, 0.15) is 69.8 Å². The fourth-order valence-corrected chi connectivity index (χ4v) is 5.00. The summed E-state index contributed by atoms with van der Waals surface area (Å²) in [5, 5.41) is 6.75. The zero-order valence-corrected chi connectivity index (χ0v) is 16.9. The van der Waals surface area contributed by atoms with Gasteiger partial charge in [0.05, 0.1) is 12.7 Å². The van der Waals surface area contributed by atoms with Crippen molar-refractivity contribution in [3.8, 4) is 0 Å². The molecule has 2 atom stereocenters. The first-order valence-corrected chi connectivity index (χ1v) is 10.5. The molecule has 0 aromatic heterocycles. The molecule has 1 aromatic rings. The van der Waals surface area contributed by atoms with Gasteiger partial charge >= 0.3 is 0 Å². The predicted molar refractivity (Wildman–Crippen MR) is 111 cm³/mol. The molecule has 2 N–H and O–H groups in total. The van der Waals surface area contributed by atoms with Crippen molar-refractivity contribution in [1.82, 2.24) is 5.32 Å². The third kappa shape index (κ3) is 5.94. The Balaban J connectivity index is 0.00000210. The number of hydrogen-bond donors (Lipinski definition) is 2. The summed E-state index contributed by atoms with van der Waals surface area (Å²) in [6.07, 6.45) is 12.2. The molecule has 1 amide bonds. The van der Waals surface area contributed by atoms with Crippen molar-refractivity contribution in [2.45, 2.75) is 89.0 Å². The maximum Gasteiger partial charge on any atom is 0.224 e. The summed E-state index contributed by atoms with van der Waals surface area (Å²) in [6.45, 7) is 0.645. The predicted octanol–water partition coefficient (Wildman–Crippen LogP) is 4.82. The average Bonchev–Trinajstić information content (AvgIpc) is 2.99. The Hall–Kier alpha value is -1.10. The SMILES string of the molecule is Cl.O=C(CC1CC2CCC(C1)N2)Nc1cccc(COC2CCCCC2)c1. The van der Waals surface area contributed by atoms with Gasteiger partial charge in [0, 0.05) is 24.2 Å². The van der Waals surface area contributed by atoms with Gasteiger partial charge in [-0.25, -0.2) is 0 Å². The molecule has 0 spiro atoms. The van der Waals surface area contributed by atoms with Crippen molar-refractivity contribution in [2.24, 2.45) is 5.92 Å². The quantitative estimate of drug-likeness (QED) is 0.729. The first kappa shape index (κ1) is 20.6. The fraction of sp³-hybridized carbons (Fsp3) is 0.682. The number of carbonyl (C=O) groups excluding carboxylic acids is 1. The Kier molecular flexibility index (Phi) is 7.57. The van der Waals surface area contributed by atoms with Crippen molar-refractivity contribution in [3.05, 3.63) is 29.8 Å². The Bertz CT molecular complexity index is 606. The van der Waals surface area contributed by atoms with Crippen LogP contribution >= 0.6 is 12.4 Å². The fourth-order valence-electron chi connectivity index (χ4n) is 5.00. The van der Waals surface area contributed by atoms with E-state index in [1.165, 1.54) is 44.9 Å². The van der Waals surface area contributed by atoms with Crippen molar-refractivity contribution < 1.29 is 9.53 Å². The normalized spacial score (nSPS) is 27.8. The number of ether oxygens (including phenoxy) is 1. The lowest BCUT2D eigenvalue weighted by molar-refractivity contribution is -0.117. The first-order chi connectivity index (χ1) is 12.7. The molecule has 1 aromatic carbocycles. The van der Waals surface area contributed by atoms with Crippen LogP contribution in [0.4, 0.5) is 5.69 Å². The van der Waals surface area contributed by atoms with Crippen molar-refractivity contribution in [3.63, 3.8) is 0 Å². The van der Waals surface area contributed by atoms with Gasteiger partial charge in [0.1, 0.15) is 0 Å². The molecule has 3 fully saturated rings. The maximum atomic E-state index is 12.5. The summed E-state index contributed by atoms with van der Waals surface area (Å²) in [7, 11) is 0. The molecular formula is C22H33ClN2O2. The van der Waals surface area contributed by atoms with E-state index in [-0.39, 0.29) is 18.3 Å². The summed E-state index contributed by atoms with van der Waals surface area (Å²) >= 11 is 0. The summed E-state index contributed by atoms with van der Waals surface area (Å²) in [4.78, 5) is 12.5. The first-order valence-electron chi connectivity index (χ1n) is 10.5. The maximum absolute atomic E-state index is 12.5. The molecule has 150 valence electrons. The van der Waals surface area contributed by atoms with Crippen molar-refractivity contribution in [1.29, 1.82) is 0 Å². The topological polar surface area (TPSA) is 50.4 Å². The van der Waals surface area contributed by atoms with Crippen LogP contribution in [-0.4, -0.2) is 24.1 Å². The summed E-state index contributed by atoms with van der Waals surface area (Å²) < 4.78 is 6.06. The Labute approximate surface area is 169 Å². The minimum atomic E-state index is 0. The Morgan fingerprint density at radius 3 is 2.56 bits per heavy atom. The average molecular weight is 393 g/mol. The van der Waals surface area contributed by atoms with Gasteiger partial charge in [0.15, 0.2) is 0 Å². The third-order valence-electron chi connectivity index (χ3n) is 6.29. The number of fused-ring (bicyclic) bond motifs is 2. The van der Waals surface area contributed by atoms with E-state index in [2.05, 4.69) is 22.8 Å². The molecule has 2 saturated heterocycles. The van der Waals surface area contributed by atoms with E-state index >= 15 is 0 Å². The standard InChI is InChI=1S/C22H32N2O2.ClH/c25-22(14-17-12-19-9-10-20(13-17)23-19)24-18-6-4-5-16(11-18)15-26-21-7-2-1-3-8-21;/h4-6,11,17,19-21,23H,1-3,7-10,12-15H2,(H,24,25);1H. The lowest BCUT2D eigenvalue weighted by Gasteiger charge is -2.28. The number of piperidine rings is 1. The van der Waals surface area contributed by atoms with Crippen LogP contribution in [0.2, 0.25) is 0 Å². The van der Waals surface area contributed by atoms with Gasteiger partial charge in [0.25, 0.3) is 0 Å². The molecule has 1 aliphatic carbocycles. The smallest absolute Gasteiger partial charge is 0.224 e. The van der Waals surface area contributed by atoms with Crippen LogP contribution in [-0.2, 0) is 16.1 Å². The zero-order chi connectivity index (χ0) is 17.8. The van der Waals surface area contributed by atoms with E-state index in [1.807, 2.05) is 12.1 Å². The van der Waals surface area contributed by atoms with Gasteiger partial charge in [-0.3, -0.25) is 4.79 Å². The van der Waals surface area contributed by atoms with E-state index in [1.54, 1.807) is 0 Å². The van der Waals surface area contributed by atoms with Crippen LogP contribution < -0.4 is 10.6 Å². The number of rotatable bonds is 6. The van der Waals surface area contributed by atoms with Crippen LogP contribution in [0.5, 0.6) is 0 Å². The zero-order valence-electron chi connectivity index (χ0n) is 16.1. The van der Waals surface area contributed by atoms with Crippen LogP contribution in [0.25, 0.3) is 0 Å². The highest BCUT2D eigenvalue weighted by Gasteiger charge is 2.34. The van der Waals surface area contributed by atoms with Crippen LogP contribution in [0.3, 0.4) is 0 Å². The molecule has 0 radical (unpaired) electrons. The number of nitrogens with one attached hydrogen (secondary N) is 2. The number of benzene rings is 1. The lowest BCUT2D eigenvalue weighted by atomic mass is 9.89. The highest BCUT2D eigenvalue weighted by molar-refractivity contribution is 5.90. The summed E-state index contributed by atoms with van der Waals surface area (Å²) in [5.41, 5.74) is 2.05. The molecule has 5 heteroatoms. The van der Waals surface area contributed by atoms with Gasteiger partial charge in [-0.1, -0.05) is 31.4 Å². The second-order valence-electron chi connectivity index (χ2n) is 8.50. The Morgan fingerprint density at radius 2 is 1.81 bits per heavy atom. The van der Waals surface area contributed by atoms with E-state index in [4.69, 9.17) is 4.74 Å². The monoisotopic (exact) mass is 392 g/mol. The minimum absolute atomic E-state index is 0. The van der Waals surface area contributed by atoms with E-state index < -0.39 is 0 Å². The van der Waals surface area contributed by atoms with Gasteiger partial charge < -0.3 is 15.4 Å². The largest absolute Gasteiger partial charge is 0.374 e. The van der Waals surface area contributed by atoms with Gasteiger partial charge in [-0.15, -0.1) is 12.4 Å². The molecule has 1 saturated carbocycles. The molecule has 3 aliphatic rings. The molecule has 4 nitrogen and oxygen atoms in total. The molecule has 2 heterocycles. The minimum Gasteiger partial charge on any atom is -0.374 e. The van der Waals surface area contributed by atoms with E-state index in [0.717, 1.165) is 24.1 Å². The van der Waals surface area contributed by atoms with E-state index in [0.29, 0.717) is 37.1 Å². The summed E-state index contributed by atoms with van der Waals surface area (Å²) in [6, 6.07) is 9.43. The Morgan fingerprint density at radius 1 is 1.07 bits per heavy atom. The van der Waals surface area contributed by atoms with Gasteiger partial charge in [0.2, 0.25) is 5.91 Å². The number of hydrogen-bond acceptors (Lipinski definition) is 3. The number of halogens is 1. The highest BCUT2D eigenvalue weighted by Crippen LogP contribution is 2.32. The highest BCUT2D eigenvalue weighted by atomic mass is 35.5. The molecule has 2 bridgehead atoms. The summed E-state index contributed by atoms with van der Waals surface area (Å²) in [5.74, 6) is 0.688. The molecule has 4 rings (SSSR count). The number of anilines is 1. The molecule has 2 aliphatic heterocycles. The third-order valence-corrected chi connectivity index (χ3v) is 6.29. The number of carbonyl (C=O) groups is 1. The van der Waals surface area contributed by atoms with Crippen LogP contribution in [0, 0.1) is 5.92 Å².